The minimum atomic E-state index is -3.33. The fourth-order valence-electron chi connectivity index (χ4n) is 2.02. The molecule has 21 heavy (non-hydrogen) atoms. The Hall–Kier alpha value is -1.74. The van der Waals surface area contributed by atoms with Crippen LogP contribution in [0.15, 0.2) is 18.5 Å². The fraction of sp³-hybridized carbons (Fsp3) is 0.583. The lowest BCUT2D eigenvalue weighted by Gasteiger charge is -2.35. The number of amides is 1. The zero-order valence-electron chi connectivity index (χ0n) is 12.1. The predicted octanol–water partition coefficient (Wildman–Crippen LogP) is -0.983. The van der Waals surface area contributed by atoms with E-state index < -0.39 is 10.0 Å². The summed E-state index contributed by atoms with van der Waals surface area (Å²) in [6.07, 6.45) is 4.45. The van der Waals surface area contributed by atoms with Crippen LogP contribution in [-0.2, 0) is 14.8 Å². The largest absolute Gasteiger partial charge is 0.338 e. The maximum atomic E-state index is 12.1. The van der Waals surface area contributed by atoms with Gasteiger partial charge in [-0.25, -0.2) is 18.4 Å². The summed E-state index contributed by atoms with van der Waals surface area (Å²) in [5, 5.41) is 0. The van der Waals surface area contributed by atoms with Gasteiger partial charge < -0.3 is 9.80 Å². The van der Waals surface area contributed by atoms with E-state index in [-0.39, 0.29) is 12.5 Å². The lowest BCUT2D eigenvalue weighted by molar-refractivity contribution is -0.131. The van der Waals surface area contributed by atoms with E-state index in [0.717, 1.165) is 10.6 Å². The Morgan fingerprint density at radius 1 is 1.24 bits per heavy atom. The topological polar surface area (TPSA) is 86.7 Å². The third kappa shape index (κ3) is 4.11. The second kappa shape index (κ2) is 6.35. The summed E-state index contributed by atoms with van der Waals surface area (Å²) in [5.74, 6) is 0.467. The standard InChI is InChI=1S/C12H19N5O3S/c1-15(21(2,19)20)10-11(18)16-6-8-17(9-7-16)12-13-4-3-5-14-12/h3-5H,6-10H2,1-2H3. The quantitative estimate of drug-likeness (QED) is 0.710. The van der Waals surface area contributed by atoms with Crippen LogP contribution in [0.1, 0.15) is 0 Å². The first-order valence-electron chi connectivity index (χ1n) is 6.59. The van der Waals surface area contributed by atoms with Crippen molar-refractivity contribution in [2.24, 2.45) is 0 Å². The van der Waals surface area contributed by atoms with Crippen molar-refractivity contribution < 1.29 is 13.2 Å². The Kier molecular flexibility index (Phi) is 4.73. The van der Waals surface area contributed by atoms with Crippen molar-refractivity contribution in [3.63, 3.8) is 0 Å². The second-order valence-corrected chi connectivity index (χ2v) is 7.03. The number of hydrogen-bond acceptors (Lipinski definition) is 6. The second-order valence-electron chi connectivity index (χ2n) is 4.94. The molecule has 0 spiro atoms. The van der Waals surface area contributed by atoms with Crippen LogP contribution in [0.25, 0.3) is 0 Å². The van der Waals surface area contributed by atoms with Gasteiger partial charge in [-0.2, -0.15) is 4.31 Å². The molecule has 1 aromatic rings. The molecule has 8 nitrogen and oxygen atoms in total. The number of hydrogen-bond donors (Lipinski definition) is 0. The van der Waals surface area contributed by atoms with Crippen molar-refractivity contribution in [1.29, 1.82) is 0 Å². The minimum Gasteiger partial charge on any atom is -0.338 e. The first kappa shape index (κ1) is 15.6. The van der Waals surface area contributed by atoms with E-state index in [1.807, 2.05) is 4.90 Å². The van der Waals surface area contributed by atoms with Gasteiger partial charge in [0.2, 0.25) is 21.9 Å². The average Bonchev–Trinajstić information content (AvgIpc) is 2.47. The molecule has 0 radical (unpaired) electrons. The third-order valence-electron chi connectivity index (χ3n) is 3.39. The van der Waals surface area contributed by atoms with Crippen LogP contribution in [0.2, 0.25) is 0 Å². The third-order valence-corrected chi connectivity index (χ3v) is 4.65. The van der Waals surface area contributed by atoms with Gasteiger partial charge in [-0.1, -0.05) is 0 Å². The smallest absolute Gasteiger partial charge is 0.238 e. The van der Waals surface area contributed by atoms with Crippen LogP contribution in [0.5, 0.6) is 0 Å². The number of nitrogens with zero attached hydrogens (tertiary/aromatic N) is 5. The monoisotopic (exact) mass is 313 g/mol. The Balaban J connectivity index is 1.88. The number of carbonyl (C=O) groups is 1. The van der Waals surface area contributed by atoms with Crippen LogP contribution in [-0.4, -0.2) is 79.5 Å². The Morgan fingerprint density at radius 2 is 1.81 bits per heavy atom. The van der Waals surface area contributed by atoms with Crippen molar-refractivity contribution in [3.05, 3.63) is 18.5 Å². The number of piperazine rings is 1. The molecule has 0 unspecified atom stereocenters. The van der Waals surface area contributed by atoms with Gasteiger partial charge in [0.05, 0.1) is 12.8 Å². The molecule has 1 amide bonds. The van der Waals surface area contributed by atoms with Gasteiger partial charge >= 0.3 is 0 Å². The van der Waals surface area contributed by atoms with E-state index in [1.165, 1.54) is 7.05 Å². The molecule has 1 aliphatic heterocycles. The van der Waals surface area contributed by atoms with E-state index in [9.17, 15) is 13.2 Å². The molecule has 0 bridgehead atoms. The molecule has 0 aromatic carbocycles. The molecule has 0 saturated carbocycles. The lowest BCUT2D eigenvalue weighted by atomic mass is 10.3. The minimum absolute atomic E-state index is 0.124. The molecule has 1 aromatic heterocycles. The molecule has 116 valence electrons. The molecule has 2 heterocycles. The van der Waals surface area contributed by atoms with Crippen molar-refractivity contribution in [2.75, 3.05) is 50.9 Å². The maximum absolute atomic E-state index is 12.1. The van der Waals surface area contributed by atoms with Gasteiger partial charge in [0.25, 0.3) is 0 Å². The van der Waals surface area contributed by atoms with E-state index >= 15 is 0 Å². The highest BCUT2D eigenvalue weighted by Crippen LogP contribution is 2.10. The van der Waals surface area contributed by atoms with Gasteiger partial charge in [-0.15, -0.1) is 0 Å². The highest BCUT2D eigenvalue weighted by atomic mass is 32.2. The Morgan fingerprint density at radius 3 is 2.33 bits per heavy atom. The van der Waals surface area contributed by atoms with Crippen molar-refractivity contribution in [1.82, 2.24) is 19.2 Å². The molecule has 1 aliphatic rings. The van der Waals surface area contributed by atoms with E-state index in [1.54, 1.807) is 23.4 Å². The number of rotatable bonds is 4. The first-order valence-corrected chi connectivity index (χ1v) is 8.44. The highest BCUT2D eigenvalue weighted by Gasteiger charge is 2.24. The molecule has 0 aliphatic carbocycles. The van der Waals surface area contributed by atoms with Crippen LogP contribution >= 0.6 is 0 Å². The van der Waals surface area contributed by atoms with Gasteiger partial charge in [0.1, 0.15) is 0 Å². The van der Waals surface area contributed by atoms with Crippen LogP contribution < -0.4 is 4.90 Å². The van der Waals surface area contributed by atoms with Crippen LogP contribution in [0.3, 0.4) is 0 Å². The Bertz CT molecular complexity index is 584. The lowest BCUT2D eigenvalue weighted by Crippen LogP contribution is -2.51. The predicted molar refractivity (Wildman–Crippen MR) is 78.3 cm³/mol. The molecule has 1 saturated heterocycles. The summed E-state index contributed by atoms with van der Waals surface area (Å²) in [5.41, 5.74) is 0. The summed E-state index contributed by atoms with van der Waals surface area (Å²) in [6, 6.07) is 1.75. The average molecular weight is 313 g/mol. The van der Waals surface area contributed by atoms with Gasteiger partial charge in [-0.3, -0.25) is 4.79 Å². The molecule has 2 rings (SSSR count). The number of anilines is 1. The van der Waals surface area contributed by atoms with Crippen molar-refractivity contribution >= 4 is 21.9 Å². The van der Waals surface area contributed by atoms with Gasteiger partial charge in [0.15, 0.2) is 0 Å². The van der Waals surface area contributed by atoms with E-state index in [0.29, 0.717) is 32.1 Å². The number of likely N-dealkylation sites (N-methyl/N-ethyl adjacent to an activating group) is 1. The van der Waals surface area contributed by atoms with Crippen molar-refractivity contribution in [3.8, 4) is 0 Å². The van der Waals surface area contributed by atoms with E-state index in [2.05, 4.69) is 9.97 Å². The first-order chi connectivity index (χ1) is 9.88. The molecule has 9 heteroatoms. The number of sulfonamides is 1. The molecular formula is C12H19N5O3S. The summed E-state index contributed by atoms with van der Waals surface area (Å²) in [6.45, 7) is 2.22. The number of aromatic nitrogens is 2. The van der Waals surface area contributed by atoms with E-state index in [4.69, 9.17) is 0 Å². The summed E-state index contributed by atoms with van der Waals surface area (Å²) in [4.78, 5) is 24.1. The molecular weight excluding hydrogens is 294 g/mol. The van der Waals surface area contributed by atoms with Crippen LogP contribution in [0, 0.1) is 0 Å². The zero-order chi connectivity index (χ0) is 15.5. The number of carbonyl (C=O) groups excluding carboxylic acids is 1. The molecule has 1 fully saturated rings. The normalized spacial score (nSPS) is 16.3. The van der Waals surface area contributed by atoms with Crippen molar-refractivity contribution in [2.45, 2.75) is 0 Å². The van der Waals surface area contributed by atoms with Gasteiger partial charge in [0, 0.05) is 45.6 Å². The maximum Gasteiger partial charge on any atom is 0.238 e. The SMILES string of the molecule is CN(CC(=O)N1CCN(c2ncccn2)CC1)S(C)(=O)=O. The molecule has 0 N–H and O–H groups in total. The summed E-state index contributed by atoms with van der Waals surface area (Å²) in [7, 11) is -1.93. The highest BCUT2D eigenvalue weighted by molar-refractivity contribution is 7.88. The van der Waals surface area contributed by atoms with Crippen LogP contribution in [0.4, 0.5) is 5.95 Å². The summed E-state index contributed by atoms with van der Waals surface area (Å²) >= 11 is 0. The molecule has 0 atom stereocenters. The fourth-order valence-corrected chi connectivity index (χ4v) is 2.36. The Labute approximate surface area is 124 Å². The summed E-state index contributed by atoms with van der Waals surface area (Å²) < 4.78 is 23.7. The van der Waals surface area contributed by atoms with Gasteiger partial charge in [-0.05, 0) is 6.07 Å². The zero-order valence-corrected chi connectivity index (χ0v) is 13.0.